The zero-order chi connectivity index (χ0) is 13.2. The van der Waals surface area contributed by atoms with Crippen LogP contribution in [-0.2, 0) is 11.3 Å². The Morgan fingerprint density at radius 3 is 2.79 bits per heavy atom. The minimum Gasteiger partial charge on any atom is -0.369 e. The van der Waals surface area contributed by atoms with Gasteiger partial charge in [0.05, 0.1) is 0 Å². The maximum Gasteiger partial charge on any atom is 0.220 e. The van der Waals surface area contributed by atoms with E-state index in [1.165, 1.54) is 16.5 Å². The number of rotatable bonds is 3. The number of primary amides is 1. The minimum atomic E-state index is -0.147. The van der Waals surface area contributed by atoms with Crippen LogP contribution < -0.4 is 5.73 Å². The number of aromatic amines is 1. The third kappa shape index (κ3) is 2.49. The Kier molecular flexibility index (Phi) is 3.25. The van der Waals surface area contributed by atoms with Crippen molar-refractivity contribution in [3.63, 3.8) is 0 Å². The van der Waals surface area contributed by atoms with Crippen molar-refractivity contribution in [1.82, 2.24) is 9.88 Å². The van der Waals surface area contributed by atoms with Crippen LogP contribution >= 0.6 is 0 Å². The summed E-state index contributed by atoms with van der Waals surface area (Å²) < 4.78 is 0. The average Bonchev–Trinajstić information content (AvgIpc) is 2.83. The summed E-state index contributed by atoms with van der Waals surface area (Å²) in [4.78, 5) is 16.9. The maximum atomic E-state index is 11.2. The molecule has 0 atom stereocenters. The molecule has 19 heavy (non-hydrogen) atoms. The molecule has 1 fully saturated rings. The van der Waals surface area contributed by atoms with Gasteiger partial charge in [-0.05, 0) is 37.6 Å². The van der Waals surface area contributed by atoms with Crippen LogP contribution in [0.4, 0.5) is 0 Å². The van der Waals surface area contributed by atoms with Crippen LogP contribution in [0.3, 0.4) is 0 Å². The molecule has 0 saturated carbocycles. The summed E-state index contributed by atoms with van der Waals surface area (Å²) in [7, 11) is 0. The summed E-state index contributed by atoms with van der Waals surface area (Å²) in [6.45, 7) is 2.84. The highest BCUT2D eigenvalue weighted by molar-refractivity contribution is 5.83. The van der Waals surface area contributed by atoms with E-state index in [1.807, 2.05) is 6.07 Å². The van der Waals surface area contributed by atoms with Crippen LogP contribution in [0.5, 0.6) is 0 Å². The molecule has 100 valence electrons. The lowest BCUT2D eigenvalue weighted by Crippen LogP contribution is -2.38. The van der Waals surface area contributed by atoms with Crippen molar-refractivity contribution in [1.29, 1.82) is 0 Å². The van der Waals surface area contributed by atoms with E-state index in [4.69, 9.17) is 5.73 Å². The summed E-state index contributed by atoms with van der Waals surface area (Å²) in [5, 5.41) is 1.29. The van der Waals surface area contributed by atoms with E-state index in [0.717, 1.165) is 32.5 Å². The third-order valence-electron chi connectivity index (χ3n) is 4.06. The number of nitrogens with one attached hydrogen (secondary N) is 1. The van der Waals surface area contributed by atoms with E-state index in [2.05, 4.69) is 34.3 Å². The first-order chi connectivity index (χ1) is 9.24. The molecule has 0 spiro atoms. The molecule has 1 amide bonds. The molecule has 3 N–H and O–H groups in total. The molecule has 0 bridgehead atoms. The molecule has 1 aliphatic heterocycles. The Hall–Kier alpha value is -1.81. The van der Waals surface area contributed by atoms with Gasteiger partial charge in [0, 0.05) is 29.6 Å². The van der Waals surface area contributed by atoms with Gasteiger partial charge in [-0.1, -0.05) is 18.2 Å². The van der Waals surface area contributed by atoms with E-state index >= 15 is 0 Å². The number of benzene rings is 1. The molecule has 2 heterocycles. The van der Waals surface area contributed by atoms with Crippen molar-refractivity contribution in [3.05, 3.63) is 36.0 Å². The first-order valence-corrected chi connectivity index (χ1v) is 6.80. The van der Waals surface area contributed by atoms with Gasteiger partial charge in [-0.25, -0.2) is 0 Å². The fourth-order valence-corrected chi connectivity index (χ4v) is 2.88. The second-order valence-corrected chi connectivity index (χ2v) is 5.31. The Morgan fingerprint density at radius 2 is 2.05 bits per heavy atom. The number of nitrogens with two attached hydrogens (primary N) is 1. The van der Waals surface area contributed by atoms with Crippen molar-refractivity contribution in [3.8, 4) is 0 Å². The first kappa shape index (κ1) is 12.2. The SMILES string of the molecule is NC(=O)C1CCN(Cc2c[nH]c3ccccc23)CC1. The van der Waals surface area contributed by atoms with Crippen molar-refractivity contribution in [2.24, 2.45) is 11.7 Å². The fraction of sp³-hybridized carbons (Fsp3) is 0.400. The van der Waals surface area contributed by atoms with Crippen LogP contribution in [0.15, 0.2) is 30.5 Å². The average molecular weight is 257 g/mol. The van der Waals surface area contributed by atoms with Gasteiger partial charge in [0.2, 0.25) is 5.91 Å². The lowest BCUT2D eigenvalue weighted by Gasteiger charge is -2.30. The Balaban J connectivity index is 1.68. The molecule has 1 aliphatic rings. The Bertz CT molecular complexity index is 582. The highest BCUT2D eigenvalue weighted by Crippen LogP contribution is 2.22. The van der Waals surface area contributed by atoms with Gasteiger partial charge in [-0.2, -0.15) is 0 Å². The number of hydrogen-bond acceptors (Lipinski definition) is 2. The van der Waals surface area contributed by atoms with Gasteiger partial charge in [0.15, 0.2) is 0 Å². The summed E-state index contributed by atoms with van der Waals surface area (Å²) in [5.74, 6) is -0.0778. The van der Waals surface area contributed by atoms with Gasteiger partial charge in [-0.15, -0.1) is 0 Å². The maximum absolute atomic E-state index is 11.2. The monoisotopic (exact) mass is 257 g/mol. The van der Waals surface area contributed by atoms with Crippen LogP contribution in [0.2, 0.25) is 0 Å². The third-order valence-corrected chi connectivity index (χ3v) is 4.06. The second kappa shape index (κ2) is 5.05. The lowest BCUT2D eigenvalue weighted by atomic mass is 9.96. The molecule has 1 aromatic heterocycles. The summed E-state index contributed by atoms with van der Waals surface area (Å²) in [5.41, 5.74) is 7.87. The molecule has 4 heteroatoms. The molecule has 4 nitrogen and oxygen atoms in total. The quantitative estimate of drug-likeness (QED) is 0.881. The molecular weight excluding hydrogens is 238 g/mol. The van der Waals surface area contributed by atoms with E-state index in [1.54, 1.807) is 0 Å². The molecule has 3 rings (SSSR count). The minimum absolute atomic E-state index is 0.0687. The number of piperidine rings is 1. The van der Waals surface area contributed by atoms with Crippen LogP contribution in [0.1, 0.15) is 18.4 Å². The van der Waals surface area contributed by atoms with Gasteiger partial charge in [0.25, 0.3) is 0 Å². The zero-order valence-corrected chi connectivity index (χ0v) is 10.9. The number of hydrogen-bond donors (Lipinski definition) is 2. The van der Waals surface area contributed by atoms with Gasteiger partial charge in [-0.3, -0.25) is 9.69 Å². The van der Waals surface area contributed by atoms with Gasteiger partial charge < -0.3 is 10.7 Å². The molecular formula is C15H19N3O. The van der Waals surface area contributed by atoms with E-state index in [0.29, 0.717) is 0 Å². The van der Waals surface area contributed by atoms with Gasteiger partial charge in [0.1, 0.15) is 0 Å². The number of nitrogens with zero attached hydrogens (tertiary/aromatic N) is 1. The number of fused-ring (bicyclic) bond motifs is 1. The van der Waals surface area contributed by atoms with Crippen LogP contribution in [0, 0.1) is 5.92 Å². The number of carbonyl (C=O) groups is 1. The fourth-order valence-electron chi connectivity index (χ4n) is 2.88. The number of carbonyl (C=O) groups excluding carboxylic acids is 1. The lowest BCUT2D eigenvalue weighted by molar-refractivity contribution is -0.123. The van der Waals surface area contributed by atoms with E-state index < -0.39 is 0 Å². The van der Waals surface area contributed by atoms with Crippen LogP contribution in [-0.4, -0.2) is 28.9 Å². The number of likely N-dealkylation sites (tertiary alicyclic amines) is 1. The molecule has 1 saturated heterocycles. The Labute approximate surface area is 112 Å². The Morgan fingerprint density at radius 1 is 1.32 bits per heavy atom. The van der Waals surface area contributed by atoms with Crippen LogP contribution in [0.25, 0.3) is 10.9 Å². The second-order valence-electron chi connectivity index (χ2n) is 5.31. The smallest absolute Gasteiger partial charge is 0.220 e. The highest BCUT2D eigenvalue weighted by Gasteiger charge is 2.23. The standard InChI is InChI=1S/C15H19N3O/c16-15(19)11-5-7-18(8-6-11)10-12-9-17-14-4-2-1-3-13(12)14/h1-4,9,11,17H,5-8,10H2,(H2,16,19). The summed E-state index contributed by atoms with van der Waals surface area (Å²) in [6, 6.07) is 8.36. The molecule has 1 aromatic carbocycles. The van der Waals surface area contributed by atoms with Crippen molar-refractivity contribution < 1.29 is 4.79 Å². The van der Waals surface area contributed by atoms with Crippen molar-refractivity contribution in [2.45, 2.75) is 19.4 Å². The van der Waals surface area contributed by atoms with Crippen molar-refractivity contribution >= 4 is 16.8 Å². The van der Waals surface area contributed by atoms with E-state index in [-0.39, 0.29) is 11.8 Å². The topological polar surface area (TPSA) is 62.1 Å². The summed E-state index contributed by atoms with van der Waals surface area (Å²) in [6.07, 6.45) is 3.86. The first-order valence-electron chi connectivity index (χ1n) is 6.80. The van der Waals surface area contributed by atoms with Crippen molar-refractivity contribution in [2.75, 3.05) is 13.1 Å². The largest absolute Gasteiger partial charge is 0.369 e. The molecule has 0 radical (unpaired) electrons. The van der Waals surface area contributed by atoms with Gasteiger partial charge >= 0.3 is 0 Å². The molecule has 0 unspecified atom stereocenters. The number of amides is 1. The predicted molar refractivity (Wildman–Crippen MR) is 75.5 cm³/mol. The highest BCUT2D eigenvalue weighted by atomic mass is 16.1. The normalized spacial score (nSPS) is 17.9. The predicted octanol–water partition coefficient (Wildman–Crippen LogP) is 1.87. The van der Waals surface area contributed by atoms with E-state index in [9.17, 15) is 4.79 Å². The zero-order valence-electron chi connectivity index (χ0n) is 10.9. The summed E-state index contributed by atoms with van der Waals surface area (Å²) >= 11 is 0. The number of aromatic nitrogens is 1. The number of H-pyrrole nitrogens is 1. The molecule has 2 aromatic rings. The number of para-hydroxylation sites is 1. The molecule has 0 aliphatic carbocycles.